The van der Waals surface area contributed by atoms with E-state index in [9.17, 15) is 4.79 Å². The second-order valence-corrected chi connectivity index (χ2v) is 5.78. The highest BCUT2D eigenvalue weighted by molar-refractivity contribution is 5.99. The number of nitrogens with one attached hydrogen (secondary N) is 2. The first-order valence-corrected chi connectivity index (χ1v) is 7.76. The molecule has 23 heavy (non-hydrogen) atoms. The fraction of sp³-hybridized carbons (Fsp3) is 0.211. The molecule has 2 aromatic carbocycles. The van der Waals surface area contributed by atoms with E-state index in [0.29, 0.717) is 12.1 Å². The number of hydrogen-bond donors (Lipinski definition) is 2. The van der Waals surface area contributed by atoms with Gasteiger partial charge in [0.25, 0.3) is 5.91 Å². The highest BCUT2D eigenvalue weighted by Gasteiger charge is 2.12. The lowest BCUT2D eigenvalue weighted by Crippen LogP contribution is -2.27. The highest BCUT2D eigenvalue weighted by Crippen LogP contribution is 2.19. The minimum atomic E-state index is -0.0332. The van der Waals surface area contributed by atoms with Crippen LogP contribution in [0.2, 0.25) is 0 Å². The number of hydrogen-bond acceptors (Lipinski definition) is 2. The van der Waals surface area contributed by atoms with E-state index in [0.717, 1.165) is 17.6 Å². The molecule has 0 atom stereocenters. The van der Waals surface area contributed by atoms with Crippen LogP contribution in [0.25, 0.3) is 10.9 Å². The second kappa shape index (κ2) is 6.57. The van der Waals surface area contributed by atoms with Crippen LogP contribution in [0.5, 0.6) is 0 Å². The topological polar surface area (TPSA) is 48.1 Å². The largest absolute Gasteiger partial charge is 0.377 e. The van der Waals surface area contributed by atoms with E-state index < -0.39 is 0 Å². The molecule has 0 spiro atoms. The van der Waals surface area contributed by atoms with Gasteiger partial charge >= 0.3 is 0 Å². The fourth-order valence-electron chi connectivity index (χ4n) is 2.80. The molecule has 0 bridgehead atoms. The summed E-state index contributed by atoms with van der Waals surface area (Å²) in [5.74, 6) is -0.0332. The van der Waals surface area contributed by atoms with Crippen LogP contribution < -0.4 is 10.2 Å². The van der Waals surface area contributed by atoms with E-state index in [1.54, 1.807) is 0 Å². The van der Waals surface area contributed by atoms with Gasteiger partial charge in [0.05, 0.1) is 5.56 Å². The van der Waals surface area contributed by atoms with E-state index in [-0.39, 0.29) is 5.91 Å². The molecule has 1 aromatic heterocycles. The second-order valence-electron chi connectivity index (χ2n) is 5.78. The number of anilines is 1. The third kappa shape index (κ3) is 3.21. The van der Waals surface area contributed by atoms with Crippen LogP contribution >= 0.6 is 0 Å². The van der Waals surface area contributed by atoms with Gasteiger partial charge in [-0.15, -0.1) is 0 Å². The monoisotopic (exact) mass is 307 g/mol. The Labute approximate surface area is 136 Å². The maximum Gasteiger partial charge on any atom is 0.253 e. The molecule has 0 unspecified atom stereocenters. The normalized spacial score (nSPS) is 10.7. The van der Waals surface area contributed by atoms with E-state index in [1.807, 2.05) is 61.6 Å². The number of carbonyl (C=O) groups excluding carboxylic acids is 1. The molecule has 2 N–H and O–H groups in total. The van der Waals surface area contributed by atoms with E-state index in [2.05, 4.69) is 22.4 Å². The number of carbonyl (C=O) groups is 1. The SMILES string of the molecule is CN(C)c1ccccc1C(=O)NCCc1c[nH]c2ccccc12. The van der Waals surface area contributed by atoms with Gasteiger partial charge in [-0.25, -0.2) is 0 Å². The number of aromatic nitrogens is 1. The average Bonchev–Trinajstić information content (AvgIpc) is 2.98. The minimum absolute atomic E-state index is 0.0332. The highest BCUT2D eigenvalue weighted by atomic mass is 16.1. The maximum absolute atomic E-state index is 12.4. The van der Waals surface area contributed by atoms with Gasteiger partial charge in [-0.2, -0.15) is 0 Å². The lowest BCUT2D eigenvalue weighted by molar-refractivity contribution is 0.0954. The number of para-hydroxylation sites is 2. The lowest BCUT2D eigenvalue weighted by atomic mass is 10.1. The number of aromatic amines is 1. The summed E-state index contributed by atoms with van der Waals surface area (Å²) >= 11 is 0. The molecular formula is C19H21N3O. The Morgan fingerprint density at radius 1 is 1.09 bits per heavy atom. The number of benzene rings is 2. The molecule has 0 aliphatic heterocycles. The minimum Gasteiger partial charge on any atom is -0.377 e. The van der Waals surface area contributed by atoms with E-state index in [4.69, 9.17) is 0 Å². The summed E-state index contributed by atoms with van der Waals surface area (Å²) < 4.78 is 0. The third-order valence-electron chi connectivity index (χ3n) is 3.99. The summed E-state index contributed by atoms with van der Waals surface area (Å²) in [6.07, 6.45) is 2.82. The standard InChI is InChI=1S/C19H21N3O/c1-22(2)18-10-6-4-8-16(18)19(23)20-12-11-14-13-21-17-9-5-3-7-15(14)17/h3-10,13,21H,11-12H2,1-2H3,(H,20,23). The summed E-state index contributed by atoms with van der Waals surface area (Å²) in [6, 6.07) is 15.9. The molecular weight excluding hydrogens is 286 g/mol. The zero-order valence-electron chi connectivity index (χ0n) is 13.5. The Morgan fingerprint density at radius 3 is 2.65 bits per heavy atom. The quantitative estimate of drug-likeness (QED) is 0.760. The van der Waals surface area contributed by atoms with Gasteiger partial charge in [0, 0.05) is 43.4 Å². The molecule has 3 rings (SSSR count). The van der Waals surface area contributed by atoms with Crippen LogP contribution in [-0.2, 0) is 6.42 Å². The van der Waals surface area contributed by atoms with Gasteiger partial charge in [-0.05, 0) is 30.2 Å². The Morgan fingerprint density at radius 2 is 1.83 bits per heavy atom. The van der Waals surface area contributed by atoms with Crippen molar-refractivity contribution < 1.29 is 4.79 Å². The molecule has 0 aliphatic rings. The molecule has 0 saturated heterocycles. The molecule has 0 aliphatic carbocycles. The molecule has 0 fully saturated rings. The Balaban J connectivity index is 1.66. The number of amides is 1. The zero-order valence-corrected chi connectivity index (χ0v) is 13.5. The van der Waals surface area contributed by atoms with Crippen molar-refractivity contribution in [2.24, 2.45) is 0 Å². The average molecular weight is 307 g/mol. The number of rotatable bonds is 5. The Kier molecular flexibility index (Phi) is 4.33. The zero-order chi connectivity index (χ0) is 16.2. The van der Waals surface area contributed by atoms with Crippen LogP contribution in [-0.4, -0.2) is 31.5 Å². The molecule has 118 valence electrons. The third-order valence-corrected chi connectivity index (χ3v) is 3.99. The van der Waals surface area contributed by atoms with Gasteiger partial charge < -0.3 is 15.2 Å². The van der Waals surface area contributed by atoms with Crippen molar-refractivity contribution in [3.63, 3.8) is 0 Å². The van der Waals surface area contributed by atoms with Gasteiger partial charge in [-0.3, -0.25) is 4.79 Å². The summed E-state index contributed by atoms with van der Waals surface area (Å²) in [7, 11) is 3.89. The van der Waals surface area contributed by atoms with Crippen LogP contribution in [0.4, 0.5) is 5.69 Å². The number of nitrogens with zero attached hydrogens (tertiary/aromatic N) is 1. The predicted octanol–water partition coefficient (Wildman–Crippen LogP) is 3.21. The van der Waals surface area contributed by atoms with Crippen LogP contribution in [0.15, 0.2) is 54.7 Å². The van der Waals surface area contributed by atoms with Gasteiger partial charge in [0.15, 0.2) is 0 Å². The van der Waals surface area contributed by atoms with Crippen molar-refractivity contribution in [1.82, 2.24) is 10.3 Å². The van der Waals surface area contributed by atoms with E-state index in [1.165, 1.54) is 10.9 Å². The molecule has 4 nitrogen and oxygen atoms in total. The van der Waals surface area contributed by atoms with Crippen molar-refractivity contribution in [1.29, 1.82) is 0 Å². The van der Waals surface area contributed by atoms with Gasteiger partial charge in [0.2, 0.25) is 0 Å². The first-order valence-electron chi connectivity index (χ1n) is 7.76. The molecule has 0 saturated carbocycles. The summed E-state index contributed by atoms with van der Waals surface area (Å²) in [4.78, 5) is 17.6. The predicted molar refractivity (Wildman–Crippen MR) is 95.1 cm³/mol. The number of fused-ring (bicyclic) bond motifs is 1. The van der Waals surface area contributed by atoms with Crippen LogP contribution in [0.3, 0.4) is 0 Å². The molecule has 1 heterocycles. The van der Waals surface area contributed by atoms with Crippen molar-refractivity contribution in [3.05, 3.63) is 65.9 Å². The van der Waals surface area contributed by atoms with Crippen molar-refractivity contribution in [2.75, 3.05) is 25.5 Å². The van der Waals surface area contributed by atoms with Crippen LogP contribution in [0, 0.1) is 0 Å². The fourth-order valence-corrected chi connectivity index (χ4v) is 2.80. The Hall–Kier alpha value is -2.75. The smallest absolute Gasteiger partial charge is 0.253 e. The number of H-pyrrole nitrogens is 1. The molecule has 4 heteroatoms. The Bertz CT molecular complexity index is 820. The van der Waals surface area contributed by atoms with Crippen LogP contribution in [0.1, 0.15) is 15.9 Å². The molecule has 0 radical (unpaired) electrons. The maximum atomic E-state index is 12.4. The first-order chi connectivity index (χ1) is 11.2. The molecule has 3 aromatic rings. The van der Waals surface area contributed by atoms with Gasteiger partial charge in [0.1, 0.15) is 0 Å². The molecule has 1 amide bonds. The van der Waals surface area contributed by atoms with Crippen molar-refractivity contribution in [2.45, 2.75) is 6.42 Å². The summed E-state index contributed by atoms with van der Waals surface area (Å²) in [6.45, 7) is 0.614. The summed E-state index contributed by atoms with van der Waals surface area (Å²) in [5, 5.41) is 4.24. The van der Waals surface area contributed by atoms with Gasteiger partial charge in [-0.1, -0.05) is 30.3 Å². The van der Waals surface area contributed by atoms with E-state index >= 15 is 0 Å². The van der Waals surface area contributed by atoms with Crippen molar-refractivity contribution >= 4 is 22.5 Å². The summed E-state index contributed by atoms with van der Waals surface area (Å²) in [5.41, 5.74) is 3.99. The lowest BCUT2D eigenvalue weighted by Gasteiger charge is -2.16. The first kappa shape index (κ1) is 15.2. The van der Waals surface area contributed by atoms with Crippen molar-refractivity contribution in [3.8, 4) is 0 Å².